The summed E-state index contributed by atoms with van der Waals surface area (Å²) < 4.78 is 0. The van der Waals surface area contributed by atoms with Gasteiger partial charge in [-0.2, -0.15) is 0 Å². The number of aliphatic hydroxyl groups is 1. The van der Waals surface area contributed by atoms with Crippen molar-refractivity contribution >= 4 is 24.0 Å². The van der Waals surface area contributed by atoms with E-state index in [0.29, 0.717) is 29.1 Å². The monoisotopic (exact) mass is 569 g/mol. The highest BCUT2D eigenvalue weighted by Crippen LogP contribution is 2.67. The van der Waals surface area contributed by atoms with Gasteiger partial charge >= 0.3 is 0 Å². The van der Waals surface area contributed by atoms with E-state index in [9.17, 15) is 9.90 Å². The van der Waals surface area contributed by atoms with E-state index in [0.717, 1.165) is 62.6 Å². The maximum Gasteiger partial charge on any atom is 0.222 e. The van der Waals surface area contributed by atoms with Crippen molar-refractivity contribution in [3.8, 4) is 0 Å². The first-order valence-corrected chi connectivity index (χ1v) is 16.0. The molecule has 4 aliphatic carbocycles. The Hall–Kier alpha value is -1.59. The van der Waals surface area contributed by atoms with Crippen LogP contribution in [0.3, 0.4) is 0 Å². The number of nitrogens with zero attached hydrogens (tertiary/aromatic N) is 3. The second-order valence-electron chi connectivity index (χ2n) is 14.5. The number of carbonyl (C=O) groups is 1. The Bertz CT molecular complexity index is 1080. The van der Waals surface area contributed by atoms with Gasteiger partial charge in [-0.15, -0.1) is 12.4 Å². The summed E-state index contributed by atoms with van der Waals surface area (Å²) in [5, 5.41) is 10.3. The molecule has 1 saturated heterocycles. The summed E-state index contributed by atoms with van der Waals surface area (Å²) in [6, 6.07) is 4.37. The molecule has 5 nitrogen and oxygen atoms in total. The Balaban J connectivity index is 0.00000323. The number of hydrogen-bond acceptors (Lipinski definition) is 4. The van der Waals surface area contributed by atoms with Gasteiger partial charge in [0, 0.05) is 50.2 Å². The normalized spacial score (nSPS) is 39.8. The van der Waals surface area contributed by atoms with Crippen LogP contribution in [-0.4, -0.2) is 52.7 Å². The van der Waals surface area contributed by atoms with Gasteiger partial charge in [0.05, 0.1) is 6.10 Å². The summed E-state index contributed by atoms with van der Waals surface area (Å²) in [4.78, 5) is 22.1. The number of pyridine rings is 1. The molecule has 0 radical (unpaired) electrons. The topological polar surface area (TPSA) is 56.7 Å². The molecule has 1 aliphatic heterocycles. The molecular weight excluding hydrogens is 518 g/mol. The number of allylic oxidation sites excluding steroid dienone is 1. The number of hydrogen-bond donors (Lipinski definition) is 1. The van der Waals surface area contributed by atoms with Crippen molar-refractivity contribution in [2.75, 3.05) is 24.5 Å². The summed E-state index contributed by atoms with van der Waals surface area (Å²) in [5.74, 6) is 4.12. The third kappa shape index (κ3) is 5.12. The van der Waals surface area contributed by atoms with Gasteiger partial charge in [0.2, 0.25) is 5.91 Å². The van der Waals surface area contributed by atoms with Gasteiger partial charge in [0.1, 0.15) is 0 Å². The molecule has 1 aromatic heterocycles. The highest BCUT2D eigenvalue weighted by Gasteiger charge is 2.59. The number of aromatic nitrogens is 1. The standard InChI is InChI=1S/C34H51N3O2.ClH/c1-23(5-10-32(39)37-20-19-36(22-24(37)2)26-13-17-35-18-14-26)29-8-9-30-28-7-6-25-21-27(38)11-15-33(25,3)31(28)12-16-34(29,30)4;/h6,13-14,17-18,23-24,27-31,38H,5,7-12,15-16,19-22H2,1-4H3;1H/t23-,24+,27+,28+,29-,30+,31+,33+,34-;/m1./s1. The van der Waals surface area contributed by atoms with E-state index in [2.05, 4.69) is 60.7 Å². The van der Waals surface area contributed by atoms with Crippen molar-refractivity contribution < 1.29 is 9.90 Å². The minimum absolute atomic E-state index is 0. The van der Waals surface area contributed by atoms with E-state index in [1.165, 1.54) is 44.2 Å². The molecule has 5 aliphatic rings. The lowest BCUT2D eigenvalue weighted by molar-refractivity contribution is -0.134. The number of fused-ring (bicyclic) bond motifs is 5. The SMILES string of the molecule is C[C@H](CCC(=O)N1CCN(c2ccncc2)C[C@@H]1C)[C@H]1CC[C@H]2[C@@H]3CC=C4C[C@@H](O)CC[C@]4(C)[C@H]3CC[C@]12C.Cl. The smallest absolute Gasteiger partial charge is 0.222 e. The average Bonchev–Trinajstić information content (AvgIpc) is 3.29. The second kappa shape index (κ2) is 11.6. The molecule has 2 heterocycles. The van der Waals surface area contributed by atoms with E-state index >= 15 is 0 Å². The van der Waals surface area contributed by atoms with E-state index in [4.69, 9.17) is 0 Å². The lowest BCUT2D eigenvalue weighted by Gasteiger charge is -2.58. The molecule has 0 unspecified atom stereocenters. The van der Waals surface area contributed by atoms with Gasteiger partial charge in [0.15, 0.2) is 0 Å². The van der Waals surface area contributed by atoms with E-state index < -0.39 is 0 Å². The summed E-state index contributed by atoms with van der Waals surface area (Å²) >= 11 is 0. The molecule has 0 bridgehead atoms. The van der Waals surface area contributed by atoms with E-state index in [1.807, 2.05) is 12.4 Å². The van der Waals surface area contributed by atoms with Crippen LogP contribution in [0.1, 0.15) is 91.9 Å². The molecule has 0 spiro atoms. The van der Waals surface area contributed by atoms with Gasteiger partial charge in [0.25, 0.3) is 0 Å². The summed E-state index contributed by atoms with van der Waals surface area (Å²) in [6.07, 6.45) is 17.5. The number of rotatable bonds is 5. The zero-order chi connectivity index (χ0) is 27.4. The predicted octanol–water partition coefficient (Wildman–Crippen LogP) is 6.90. The van der Waals surface area contributed by atoms with Gasteiger partial charge in [-0.1, -0.05) is 32.4 Å². The lowest BCUT2D eigenvalue weighted by Crippen LogP contribution is -2.54. The van der Waals surface area contributed by atoms with Crippen molar-refractivity contribution in [1.29, 1.82) is 0 Å². The van der Waals surface area contributed by atoms with Crippen LogP contribution in [0.2, 0.25) is 0 Å². The quantitative estimate of drug-likeness (QED) is 0.392. The van der Waals surface area contributed by atoms with Crippen molar-refractivity contribution in [3.63, 3.8) is 0 Å². The number of carbonyl (C=O) groups excluding carboxylic acids is 1. The molecule has 0 aromatic carbocycles. The number of amides is 1. The first kappa shape index (κ1) is 29.9. The molecule has 40 heavy (non-hydrogen) atoms. The predicted molar refractivity (Wildman–Crippen MR) is 164 cm³/mol. The zero-order valence-electron chi connectivity index (χ0n) is 25.2. The van der Waals surface area contributed by atoms with Crippen LogP contribution in [0.15, 0.2) is 36.2 Å². The number of piperazine rings is 1. The maximum atomic E-state index is 13.4. The molecule has 9 atom stereocenters. The Morgan fingerprint density at radius 1 is 1.10 bits per heavy atom. The molecular formula is C34H52ClN3O2. The van der Waals surface area contributed by atoms with Gasteiger partial charge in [-0.3, -0.25) is 9.78 Å². The van der Waals surface area contributed by atoms with Crippen LogP contribution in [0, 0.1) is 40.4 Å². The summed E-state index contributed by atoms with van der Waals surface area (Å²) in [6.45, 7) is 12.4. The fourth-order valence-electron chi connectivity index (χ4n) is 10.4. The van der Waals surface area contributed by atoms with E-state index in [-0.39, 0.29) is 24.6 Å². The van der Waals surface area contributed by atoms with Gasteiger partial charge < -0.3 is 14.9 Å². The molecule has 1 N–H and O–H groups in total. The highest BCUT2D eigenvalue weighted by molar-refractivity contribution is 5.85. The Morgan fingerprint density at radius 2 is 1.88 bits per heavy atom. The Labute approximate surface area is 248 Å². The third-order valence-electron chi connectivity index (χ3n) is 12.6. The Kier molecular flexibility index (Phi) is 8.66. The van der Waals surface area contributed by atoms with Crippen molar-refractivity contribution in [2.24, 2.45) is 40.4 Å². The van der Waals surface area contributed by atoms with Crippen LogP contribution in [0.5, 0.6) is 0 Å². The molecule has 4 fully saturated rings. The largest absolute Gasteiger partial charge is 0.393 e. The third-order valence-corrected chi connectivity index (χ3v) is 12.6. The molecule has 3 saturated carbocycles. The molecule has 6 rings (SSSR count). The minimum atomic E-state index is -0.123. The lowest BCUT2D eigenvalue weighted by atomic mass is 9.47. The van der Waals surface area contributed by atoms with Gasteiger partial charge in [-0.25, -0.2) is 0 Å². The molecule has 1 amide bonds. The average molecular weight is 570 g/mol. The van der Waals surface area contributed by atoms with Crippen molar-refractivity contribution in [2.45, 2.75) is 104 Å². The minimum Gasteiger partial charge on any atom is -0.393 e. The summed E-state index contributed by atoms with van der Waals surface area (Å²) in [7, 11) is 0. The molecule has 222 valence electrons. The molecule has 1 aromatic rings. The van der Waals surface area contributed by atoms with Crippen LogP contribution in [0.4, 0.5) is 5.69 Å². The number of aliphatic hydroxyl groups excluding tert-OH is 1. The van der Waals surface area contributed by atoms with Crippen LogP contribution >= 0.6 is 12.4 Å². The highest BCUT2D eigenvalue weighted by atomic mass is 35.5. The van der Waals surface area contributed by atoms with Crippen LogP contribution in [-0.2, 0) is 4.79 Å². The fourth-order valence-corrected chi connectivity index (χ4v) is 10.4. The second-order valence-corrected chi connectivity index (χ2v) is 14.5. The zero-order valence-corrected chi connectivity index (χ0v) is 26.0. The number of anilines is 1. The van der Waals surface area contributed by atoms with Gasteiger partial charge in [-0.05, 0) is 117 Å². The maximum absolute atomic E-state index is 13.4. The fraction of sp³-hybridized carbons (Fsp3) is 0.765. The first-order valence-electron chi connectivity index (χ1n) is 16.0. The van der Waals surface area contributed by atoms with Crippen molar-refractivity contribution in [3.05, 3.63) is 36.2 Å². The van der Waals surface area contributed by atoms with Crippen molar-refractivity contribution in [1.82, 2.24) is 9.88 Å². The van der Waals surface area contributed by atoms with Crippen LogP contribution in [0.25, 0.3) is 0 Å². The first-order chi connectivity index (χ1) is 18.7. The number of halogens is 1. The Morgan fingerprint density at radius 3 is 2.62 bits per heavy atom. The van der Waals surface area contributed by atoms with Crippen LogP contribution < -0.4 is 4.90 Å². The van der Waals surface area contributed by atoms with E-state index in [1.54, 1.807) is 5.57 Å². The molecule has 6 heteroatoms. The summed E-state index contributed by atoms with van der Waals surface area (Å²) in [5.41, 5.74) is 3.51.